The molecule has 3 atom stereocenters. The SMILES string of the molecule is Cc1ccc2c(c1)[C@@H]1C=CC[C@H]1[C@H](c1ccc(N=Cc3ccc4c(c3)OCO4)cc1)N2. The molecule has 2 heterocycles. The van der Waals surface area contributed by atoms with E-state index in [-0.39, 0.29) is 6.79 Å². The first kappa shape index (κ1) is 18.3. The van der Waals surface area contributed by atoms with E-state index in [1.165, 1.54) is 22.4 Å². The normalized spacial score (nSPS) is 22.9. The molecule has 31 heavy (non-hydrogen) atoms. The molecule has 1 aliphatic carbocycles. The lowest BCUT2D eigenvalue weighted by atomic mass is 9.76. The maximum Gasteiger partial charge on any atom is 0.231 e. The lowest BCUT2D eigenvalue weighted by molar-refractivity contribution is 0.174. The van der Waals surface area contributed by atoms with Crippen molar-refractivity contribution in [2.45, 2.75) is 25.3 Å². The van der Waals surface area contributed by atoms with Crippen LogP contribution in [0.2, 0.25) is 0 Å². The third-order valence-corrected chi connectivity index (χ3v) is 6.53. The first-order chi connectivity index (χ1) is 15.2. The van der Waals surface area contributed by atoms with Crippen molar-refractivity contribution in [1.29, 1.82) is 0 Å². The molecule has 0 radical (unpaired) electrons. The Morgan fingerprint density at radius 3 is 2.74 bits per heavy atom. The number of hydrogen-bond acceptors (Lipinski definition) is 4. The average molecular weight is 409 g/mol. The molecule has 4 nitrogen and oxygen atoms in total. The van der Waals surface area contributed by atoms with Gasteiger partial charge in [0, 0.05) is 17.8 Å². The summed E-state index contributed by atoms with van der Waals surface area (Å²) in [5.41, 5.74) is 7.26. The second-order valence-electron chi connectivity index (χ2n) is 8.53. The Balaban J connectivity index is 1.23. The van der Waals surface area contributed by atoms with Gasteiger partial charge in [-0.2, -0.15) is 0 Å². The van der Waals surface area contributed by atoms with Gasteiger partial charge in [-0.25, -0.2) is 0 Å². The summed E-state index contributed by atoms with van der Waals surface area (Å²) in [7, 11) is 0. The fraction of sp³-hybridized carbons (Fsp3) is 0.222. The van der Waals surface area contributed by atoms with Crippen LogP contribution in [0.15, 0.2) is 77.8 Å². The maximum atomic E-state index is 5.44. The number of benzene rings is 3. The van der Waals surface area contributed by atoms with Gasteiger partial charge in [0.05, 0.1) is 11.7 Å². The van der Waals surface area contributed by atoms with Crippen LogP contribution in [-0.2, 0) is 0 Å². The molecule has 0 unspecified atom stereocenters. The Labute approximate surface area is 182 Å². The molecule has 0 saturated heterocycles. The van der Waals surface area contributed by atoms with E-state index in [1.807, 2.05) is 24.4 Å². The largest absolute Gasteiger partial charge is 0.454 e. The molecule has 1 N–H and O–H groups in total. The fourth-order valence-electron chi connectivity index (χ4n) is 4.95. The zero-order valence-corrected chi connectivity index (χ0v) is 17.4. The zero-order valence-electron chi connectivity index (χ0n) is 17.4. The molecule has 3 aromatic carbocycles. The van der Waals surface area contributed by atoms with E-state index in [0.717, 1.165) is 29.2 Å². The van der Waals surface area contributed by atoms with Gasteiger partial charge in [-0.3, -0.25) is 4.99 Å². The standard InChI is InChI=1S/C27H24N2O2/c1-17-5-11-24-23(13-17)21-3-2-4-22(21)27(29-24)19-7-9-20(10-8-19)28-15-18-6-12-25-26(14-18)31-16-30-25/h2-3,5-15,21-22,27,29H,4,16H2,1H3/t21-,22-,27+/m1/s1. The summed E-state index contributed by atoms with van der Waals surface area (Å²) in [5.74, 6) is 2.61. The number of nitrogens with one attached hydrogen (secondary N) is 1. The number of fused-ring (bicyclic) bond motifs is 4. The van der Waals surface area contributed by atoms with Crippen molar-refractivity contribution in [1.82, 2.24) is 0 Å². The van der Waals surface area contributed by atoms with Crippen LogP contribution in [-0.4, -0.2) is 13.0 Å². The van der Waals surface area contributed by atoms with Crippen molar-refractivity contribution in [2.24, 2.45) is 10.9 Å². The number of anilines is 1. The molecule has 0 aromatic heterocycles. The molecule has 0 spiro atoms. The molecule has 0 saturated carbocycles. The predicted molar refractivity (Wildman–Crippen MR) is 124 cm³/mol. The molecule has 4 heteroatoms. The quantitative estimate of drug-likeness (QED) is 0.408. The van der Waals surface area contributed by atoms with Gasteiger partial charge >= 0.3 is 0 Å². The van der Waals surface area contributed by atoms with E-state index < -0.39 is 0 Å². The van der Waals surface area contributed by atoms with Crippen molar-refractivity contribution in [2.75, 3.05) is 12.1 Å². The van der Waals surface area contributed by atoms with Crippen molar-refractivity contribution in [3.05, 3.63) is 95.1 Å². The first-order valence-electron chi connectivity index (χ1n) is 10.8. The van der Waals surface area contributed by atoms with Gasteiger partial charge in [0.15, 0.2) is 11.5 Å². The van der Waals surface area contributed by atoms with Gasteiger partial charge in [-0.15, -0.1) is 0 Å². The highest BCUT2D eigenvalue weighted by Crippen LogP contribution is 2.50. The van der Waals surface area contributed by atoms with E-state index in [9.17, 15) is 0 Å². The first-order valence-corrected chi connectivity index (χ1v) is 10.8. The van der Waals surface area contributed by atoms with Crippen molar-refractivity contribution >= 4 is 17.6 Å². The van der Waals surface area contributed by atoms with Gasteiger partial charge < -0.3 is 14.8 Å². The minimum absolute atomic E-state index is 0.286. The average Bonchev–Trinajstić information content (AvgIpc) is 3.47. The highest BCUT2D eigenvalue weighted by atomic mass is 16.7. The van der Waals surface area contributed by atoms with E-state index in [0.29, 0.717) is 17.9 Å². The zero-order chi connectivity index (χ0) is 20.8. The van der Waals surface area contributed by atoms with Crippen molar-refractivity contribution in [3.63, 3.8) is 0 Å². The molecule has 0 fully saturated rings. The smallest absolute Gasteiger partial charge is 0.231 e. The number of ether oxygens (including phenoxy) is 2. The molecule has 0 bridgehead atoms. The Morgan fingerprint density at radius 2 is 1.84 bits per heavy atom. The van der Waals surface area contributed by atoms with E-state index >= 15 is 0 Å². The van der Waals surface area contributed by atoms with E-state index in [1.54, 1.807) is 0 Å². The van der Waals surface area contributed by atoms with Gasteiger partial charge in [0.1, 0.15) is 0 Å². The molecular formula is C27H24N2O2. The van der Waals surface area contributed by atoms with Crippen LogP contribution in [0, 0.1) is 12.8 Å². The van der Waals surface area contributed by atoms with Crippen LogP contribution < -0.4 is 14.8 Å². The van der Waals surface area contributed by atoms with Crippen LogP contribution in [0.25, 0.3) is 0 Å². The van der Waals surface area contributed by atoms with Gasteiger partial charge in [-0.05, 0) is 72.4 Å². The van der Waals surface area contributed by atoms with Crippen LogP contribution in [0.3, 0.4) is 0 Å². The van der Waals surface area contributed by atoms with Crippen LogP contribution >= 0.6 is 0 Å². The third kappa shape index (κ3) is 3.28. The molecule has 6 rings (SSSR count). The highest BCUT2D eigenvalue weighted by Gasteiger charge is 2.37. The Kier molecular flexibility index (Phi) is 4.30. The van der Waals surface area contributed by atoms with Crippen molar-refractivity contribution in [3.8, 4) is 11.5 Å². The third-order valence-electron chi connectivity index (χ3n) is 6.53. The van der Waals surface area contributed by atoms with Crippen LogP contribution in [0.4, 0.5) is 11.4 Å². The van der Waals surface area contributed by atoms with Crippen LogP contribution in [0.5, 0.6) is 11.5 Å². The van der Waals surface area contributed by atoms with Crippen molar-refractivity contribution < 1.29 is 9.47 Å². The number of aliphatic imine (C=N–C) groups is 1. The lowest BCUT2D eigenvalue weighted by Gasteiger charge is -2.37. The van der Waals surface area contributed by atoms with Gasteiger partial charge in [0.2, 0.25) is 6.79 Å². The summed E-state index contributed by atoms with van der Waals surface area (Å²) in [6.07, 6.45) is 7.71. The summed E-state index contributed by atoms with van der Waals surface area (Å²) in [6, 6.07) is 21.5. The molecule has 3 aliphatic rings. The molecular weight excluding hydrogens is 384 g/mol. The molecule has 154 valence electrons. The minimum Gasteiger partial charge on any atom is -0.454 e. The lowest BCUT2D eigenvalue weighted by Crippen LogP contribution is -2.29. The summed E-state index contributed by atoms with van der Waals surface area (Å²) >= 11 is 0. The van der Waals surface area contributed by atoms with E-state index in [4.69, 9.17) is 9.47 Å². The minimum atomic E-state index is 0.286. The fourth-order valence-corrected chi connectivity index (χ4v) is 4.95. The van der Waals surface area contributed by atoms with Crippen LogP contribution in [0.1, 0.15) is 40.6 Å². The topological polar surface area (TPSA) is 42.9 Å². The Hall–Kier alpha value is -3.53. The number of allylic oxidation sites excluding steroid dienone is 2. The number of hydrogen-bond donors (Lipinski definition) is 1. The maximum absolute atomic E-state index is 5.44. The molecule has 3 aromatic rings. The summed E-state index contributed by atoms with van der Waals surface area (Å²) in [4.78, 5) is 4.65. The molecule has 2 aliphatic heterocycles. The summed E-state index contributed by atoms with van der Waals surface area (Å²) in [6.45, 7) is 2.46. The monoisotopic (exact) mass is 408 g/mol. The highest BCUT2D eigenvalue weighted by molar-refractivity contribution is 5.83. The van der Waals surface area contributed by atoms with Gasteiger partial charge in [0.25, 0.3) is 0 Å². The van der Waals surface area contributed by atoms with Gasteiger partial charge in [-0.1, -0.05) is 42.0 Å². The summed E-state index contributed by atoms with van der Waals surface area (Å²) in [5, 5.41) is 3.81. The number of aryl methyl sites for hydroxylation is 1. The number of rotatable bonds is 3. The molecule has 0 amide bonds. The number of nitrogens with zero attached hydrogens (tertiary/aromatic N) is 1. The predicted octanol–water partition coefficient (Wildman–Crippen LogP) is 6.30. The Bertz CT molecular complexity index is 1200. The van der Waals surface area contributed by atoms with E-state index in [2.05, 4.69) is 71.8 Å². The second kappa shape index (κ2) is 7.31. The second-order valence-corrected chi connectivity index (χ2v) is 8.53. The Morgan fingerprint density at radius 1 is 0.968 bits per heavy atom. The summed E-state index contributed by atoms with van der Waals surface area (Å²) < 4.78 is 10.8.